The number of hydrogen-bond donors (Lipinski definition) is 1. The van der Waals surface area contributed by atoms with Crippen molar-refractivity contribution in [2.75, 3.05) is 25.4 Å². The van der Waals surface area contributed by atoms with E-state index >= 15 is 0 Å². The Kier molecular flexibility index (Phi) is 4.90. The van der Waals surface area contributed by atoms with Crippen molar-refractivity contribution in [2.45, 2.75) is 58.4 Å². The number of nitrogens with one attached hydrogen (secondary N) is 1. The summed E-state index contributed by atoms with van der Waals surface area (Å²) in [6, 6.07) is 0.571. The van der Waals surface area contributed by atoms with Crippen molar-refractivity contribution in [3.63, 3.8) is 0 Å². The summed E-state index contributed by atoms with van der Waals surface area (Å²) in [5, 5.41) is 3.51. The molecule has 0 bridgehead atoms. The van der Waals surface area contributed by atoms with E-state index < -0.39 is 10.0 Å². The van der Waals surface area contributed by atoms with Crippen LogP contribution in [0.15, 0.2) is 0 Å². The molecule has 2 aliphatic rings. The van der Waals surface area contributed by atoms with E-state index in [1.165, 1.54) is 38.5 Å². The lowest BCUT2D eigenvalue weighted by molar-refractivity contribution is 0.0746. The molecule has 112 valence electrons. The Labute approximate surface area is 118 Å². The second kappa shape index (κ2) is 6.10. The van der Waals surface area contributed by atoms with Crippen molar-refractivity contribution in [2.24, 2.45) is 5.41 Å². The standard InChI is InChI=1S/C14H28N2O2S/c1-3-16(4-2)19(17,18)12-11-15-13-7-10-14(13)8-5-6-9-14/h13,15H,3-12H2,1-2H3/t13-/m0/s1. The maximum absolute atomic E-state index is 12.1. The van der Waals surface area contributed by atoms with Crippen LogP contribution >= 0.6 is 0 Å². The topological polar surface area (TPSA) is 49.4 Å². The summed E-state index contributed by atoms with van der Waals surface area (Å²) < 4.78 is 25.7. The van der Waals surface area contributed by atoms with Gasteiger partial charge >= 0.3 is 0 Å². The second-order valence-electron chi connectivity index (χ2n) is 6.02. The molecule has 2 rings (SSSR count). The summed E-state index contributed by atoms with van der Waals surface area (Å²) in [5.74, 6) is 0.237. The highest BCUT2D eigenvalue weighted by Crippen LogP contribution is 2.53. The van der Waals surface area contributed by atoms with Gasteiger partial charge in [0.15, 0.2) is 0 Å². The first-order chi connectivity index (χ1) is 9.04. The van der Waals surface area contributed by atoms with Gasteiger partial charge in [0.25, 0.3) is 0 Å². The molecule has 0 aliphatic heterocycles. The SMILES string of the molecule is CCN(CC)S(=O)(=O)CCN[C@H]1CCC12CCCC2. The van der Waals surface area contributed by atoms with Crippen molar-refractivity contribution in [3.05, 3.63) is 0 Å². The van der Waals surface area contributed by atoms with Gasteiger partial charge in [0.05, 0.1) is 5.75 Å². The highest BCUT2D eigenvalue weighted by molar-refractivity contribution is 7.89. The van der Waals surface area contributed by atoms with E-state index in [4.69, 9.17) is 0 Å². The Balaban J connectivity index is 1.78. The fourth-order valence-corrected chi connectivity index (χ4v) is 5.22. The predicted molar refractivity (Wildman–Crippen MR) is 78.6 cm³/mol. The first kappa shape index (κ1) is 15.3. The summed E-state index contributed by atoms with van der Waals surface area (Å²) in [7, 11) is -3.07. The van der Waals surface area contributed by atoms with Gasteiger partial charge in [0, 0.05) is 25.7 Å². The molecule has 1 N–H and O–H groups in total. The fraction of sp³-hybridized carbons (Fsp3) is 1.00. The molecule has 0 aromatic rings. The van der Waals surface area contributed by atoms with E-state index in [9.17, 15) is 8.42 Å². The normalized spacial score (nSPS) is 25.9. The summed E-state index contributed by atoms with van der Waals surface area (Å²) >= 11 is 0. The molecule has 19 heavy (non-hydrogen) atoms. The first-order valence-corrected chi connectivity index (χ1v) is 9.36. The zero-order valence-corrected chi connectivity index (χ0v) is 13.1. The summed E-state index contributed by atoms with van der Waals surface area (Å²) in [6.07, 6.45) is 7.96. The monoisotopic (exact) mass is 288 g/mol. The number of sulfonamides is 1. The molecule has 2 saturated carbocycles. The van der Waals surface area contributed by atoms with Crippen LogP contribution in [0.1, 0.15) is 52.4 Å². The maximum Gasteiger partial charge on any atom is 0.215 e. The number of hydrogen-bond acceptors (Lipinski definition) is 3. The molecule has 0 aromatic carbocycles. The molecule has 0 radical (unpaired) electrons. The zero-order valence-electron chi connectivity index (χ0n) is 12.3. The minimum atomic E-state index is -3.07. The summed E-state index contributed by atoms with van der Waals surface area (Å²) in [5.41, 5.74) is 0.527. The molecule has 0 saturated heterocycles. The maximum atomic E-state index is 12.1. The van der Waals surface area contributed by atoms with Gasteiger partial charge in [-0.15, -0.1) is 0 Å². The molecule has 5 heteroatoms. The van der Waals surface area contributed by atoms with Crippen molar-refractivity contribution in [1.29, 1.82) is 0 Å². The van der Waals surface area contributed by atoms with E-state index in [0.717, 1.165) is 0 Å². The third kappa shape index (κ3) is 3.14. The van der Waals surface area contributed by atoms with Crippen LogP contribution in [0.5, 0.6) is 0 Å². The lowest BCUT2D eigenvalue weighted by atomic mass is 9.63. The summed E-state index contributed by atoms with van der Waals surface area (Å²) in [4.78, 5) is 0. The zero-order chi connectivity index (χ0) is 13.9. The van der Waals surface area contributed by atoms with Crippen LogP contribution in [0.4, 0.5) is 0 Å². The molecule has 0 heterocycles. The Morgan fingerprint density at radius 2 is 1.79 bits per heavy atom. The molecule has 1 atom stereocenters. The Hall–Kier alpha value is -0.130. The highest BCUT2D eigenvalue weighted by Gasteiger charge is 2.47. The minimum absolute atomic E-state index is 0.237. The van der Waals surface area contributed by atoms with Crippen LogP contribution in [-0.4, -0.2) is 44.2 Å². The van der Waals surface area contributed by atoms with E-state index in [1.807, 2.05) is 13.8 Å². The molecular weight excluding hydrogens is 260 g/mol. The molecule has 2 aliphatic carbocycles. The third-order valence-electron chi connectivity index (χ3n) is 5.12. The average molecular weight is 288 g/mol. The minimum Gasteiger partial charge on any atom is -0.312 e. The fourth-order valence-electron chi connectivity index (χ4n) is 3.80. The average Bonchev–Trinajstić information content (AvgIpc) is 2.86. The quantitative estimate of drug-likeness (QED) is 0.779. The van der Waals surface area contributed by atoms with Gasteiger partial charge in [0.2, 0.25) is 10.0 Å². The first-order valence-electron chi connectivity index (χ1n) is 7.75. The molecule has 1 spiro atoms. The van der Waals surface area contributed by atoms with E-state index in [1.54, 1.807) is 4.31 Å². The van der Waals surface area contributed by atoms with Crippen molar-refractivity contribution < 1.29 is 8.42 Å². The van der Waals surface area contributed by atoms with Crippen molar-refractivity contribution in [1.82, 2.24) is 9.62 Å². The van der Waals surface area contributed by atoms with Gasteiger partial charge < -0.3 is 5.32 Å². The molecule has 0 unspecified atom stereocenters. The van der Waals surface area contributed by atoms with Gasteiger partial charge in [-0.3, -0.25) is 0 Å². The van der Waals surface area contributed by atoms with Gasteiger partial charge in [-0.05, 0) is 31.1 Å². The molecular formula is C14H28N2O2S. The molecule has 0 aromatic heterocycles. The van der Waals surface area contributed by atoms with E-state index in [-0.39, 0.29) is 5.75 Å². The van der Waals surface area contributed by atoms with Crippen LogP contribution in [-0.2, 0) is 10.0 Å². The van der Waals surface area contributed by atoms with E-state index in [0.29, 0.717) is 31.1 Å². The Morgan fingerprint density at radius 3 is 2.26 bits per heavy atom. The molecule has 2 fully saturated rings. The van der Waals surface area contributed by atoms with Crippen LogP contribution in [0.2, 0.25) is 0 Å². The second-order valence-corrected chi connectivity index (χ2v) is 8.10. The number of nitrogens with zero attached hydrogens (tertiary/aromatic N) is 1. The van der Waals surface area contributed by atoms with Crippen LogP contribution in [0.25, 0.3) is 0 Å². The molecule has 0 amide bonds. The molecule has 4 nitrogen and oxygen atoms in total. The van der Waals surface area contributed by atoms with Crippen LogP contribution < -0.4 is 5.32 Å². The largest absolute Gasteiger partial charge is 0.312 e. The number of rotatable bonds is 7. The highest BCUT2D eigenvalue weighted by atomic mass is 32.2. The van der Waals surface area contributed by atoms with E-state index in [2.05, 4.69) is 5.32 Å². The van der Waals surface area contributed by atoms with Crippen molar-refractivity contribution >= 4 is 10.0 Å². The lowest BCUT2D eigenvalue weighted by Gasteiger charge is -2.48. The van der Waals surface area contributed by atoms with Gasteiger partial charge in [-0.25, -0.2) is 12.7 Å². The van der Waals surface area contributed by atoms with Crippen LogP contribution in [0, 0.1) is 5.41 Å². The van der Waals surface area contributed by atoms with Gasteiger partial charge in [-0.1, -0.05) is 26.7 Å². The Morgan fingerprint density at radius 1 is 1.16 bits per heavy atom. The van der Waals surface area contributed by atoms with Gasteiger partial charge in [0.1, 0.15) is 0 Å². The van der Waals surface area contributed by atoms with Crippen LogP contribution in [0.3, 0.4) is 0 Å². The Bertz CT molecular complexity index is 384. The third-order valence-corrected chi connectivity index (χ3v) is 7.14. The summed E-state index contributed by atoms with van der Waals surface area (Å²) in [6.45, 7) is 5.55. The van der Waals surface area contributed by atoms with Crippen molar-refractivity contribution in [3.8, 4) is 0 Å². The lowest BCUT2D eigenvalue weighted by Crippen LogP contribution is -2.53. The predicted octanol–water partition coefficient (Wildman–Crippen LogP) is 1.97. The van der Waals surface area contributed by atoms with Gasteiger partial charge in [-0.2, -0.15) is 0 Å². The smallest absolute Gasteiger partial charge is 0.215 e.